The zero-order valence-electron chi connectivity index (χ0n) is 6.77. The van der Waals surface area contributed by atoms with E-state index in [9.17, 15) is 9.90 Å². The Balaban J connectivity index is 2.12. The van der Waals surface area contributed by atoms with Gasteiger partial charge in [-0.05, 0) is 0 Å². The third-order valence-corrected chi connectivity index (χ3v) is 2.21. The van der Waals surface area contributed by atoms with Crippen LogP contribution in [-0.2, 0) is 9.53 Å². The maximum atomic E-state index is 11.2. The van der Waals surface area contributed by atoms with Crippen molar-refractivity contribution in [3.63, 3.8) is 0 Å². The molecule has 0 bridgehead atoms. The number of hydrogen-bond donors (Lipinski definition) is 1. The molecule has 0 aromatic heterocycles. The van der Waals surface area contributed by atoms with Crippen molar-refractivity contribution in [2.45, 2.75) is 12.6 Å². The van der Waals surface area contributed by atoms with Crippen LogP contribution in [0.3, 0.4) is 0 Å². The van der Waals surface area contributed by atoms with Gasteiger partial charge < -0.3 is 9.84 Å². The van der Waals surface area contributed by atoms with Gasteiger partial charge in [0.2, 0.25) is 5.91 Å². The first-order chi connectivity index (χ1) is 5.79. The van der Waals surface area contributed by atoms with Gasteiger partial charge in [-0.15, -0.1) is 0 Å². The van der Waals surface area contributed by atoms with Crippen molar-refractivity contribution in [2.75, 3.05) is 26.3 Å². The van der Waals surface area contributed by atoms with E-state index in [0.29, 0.717) is 26.3 Å². The molecule has 2 aliphatic heterocycles. The summed E-state index contributed by atoms with van der Waals surface area (Å²) in [5.74, 6) is -0.00648. The first-order valence-electron chi connectivity index (χ1n) is 4.12. The predicted octanol–water partition coefficient (Wildman–Crippen LogP) is -1.22. The summed E-state index contributed by atoms with van der Waals surface area (Å²) in [6, 6.07) is 0. The van der Waals surface area contributed by atoms with Crippen molar-refractivity contribution in [2.24, 2.45) is 0 Å². The van der Waals surface area contributed by atoms with E-state index >= 15 is 0 Å². The number of aliphatic hydroxyl groups is 1. The highest BCUT2D eigenvalue weighted by Gasteiger charge is 2.36. The summed E-state index contributed by atoms with van der Waals surface area (Å²) < 4.78 is 5.18. The molecule has 0 aromatic carbocycles. The summed E-state index contributed by atoms with van der Waals surface area (Å²) in [6.07, 6.45) is -0.417. The Labute approximate surface area is 70.5 Å². The maximum Gasteiger partial charge on any atom is 0.241 e. The summed E-state index contributed by atoms with van der Waals surface area (Å²) in [7, 11) is 0. The second kappa shape index (κ2) is 3.01. The molecule has 1 atom stereocenters. The van der Waals surface area contributed by atoms with Crippen molar-refractivity contribution in [3.8, 4) is 0 Å². The second-order valence-corrected chi connectivity index (χ2v) is 2.98. The van der Waals surface area contributed by atoms with E-state index in [2.05, 4.69) is 0 Å². The molecule has 2 aliphatic rings. The highest BCUT2D eigenvalue weighted by atomic mass is 16.5. The number of ether oxygens (including phenoxy) is 1. The molecular formula is C7H12N2O3. The van der Waals surface area contributed by atoms with Crippen molar-refractivity contribution in [3.05, 3.63) is 0 Å². The summed E-state index contributed by atoms with van der Waals surface area (Å²) in [4.78, 5) is 11.2. The number of amides is 1. The molecule has 1 N–H and O–H groups in total. The number of carbonyl (C=O) groups excluding carboxylic acids is 1. The Hall–Kier alpha value is -0.650. The molecule has 5 nitrogen and oxygen atoms in total. The summed E-state index contributed by atoms with van der Waals surface area (Å²) >= 11 is 0. The lowest BCUT2D eigenvalue weighted by molar-refractivity contribution is -0.141. The smallest absolute Gasteiger partial charge is 0.241 e. The summed E-state index contributed by atoms with van der Waals surface area (Å²) in [5.41, 5.74) is 0. The van der Waals surface area contributed by atoms with Gasteiger partial charge in [-0.3, -0.25) is 9.80 Å². The van der Waals surface area contributed by atoms with Gasteiger partial charge in [0.1, 0.15) is 6.23 Å². The van der Waals surface area contributed by atoms with E-state index in [1.165, 1.54) is 0 Å². The van der Waals surface area contributed by atoms with E-state index in [0.717, 1.165) is 0 Å². The lowest BCUT2D eigenvalue weighted by Crippen LogP contribution is -2.43. The largest absolute Gasteiger partial charge is 0.378 e. The van der Waals surface area contributed by atoms with Crippen LogP contribution in [0.2, 0.25) is 0 Å². The Morgan fingerprint density at radius 1 is 1.42 bits per heavy atom. The van der Waals surface area contributed by atoms with Crippen LogP contribution in [0.25, 0.3) is 0 Å². The average molecular weight is 172 g/mol. The SMILES string of the molecule is O=C1CC(O)N2CCOCCN12. The van der Waals surface area contributed by atoms with E-state index in [-0.39, 0.29) is 12.3 Å². The number of fused-ring (bicyclic) bond motifs is 1. The van der Waals surface area contributed by atoms with Crippen molar-refractivity contribution < 1.29 is 14.6 Å². The quantitative estimate of drug-likeness (QED) is 0.498. The molecule has 5 heteroatoms. The Kier molecular flexibility index (Phi) is 2.00. The highest BCUT2D eigenvalue weighted by molar-refractivity contribution is 5.78. The molecular weight excluding hydrogens is 160 g/mol. The third kappa shape index (κ3) is 1.20. The van der Waals surface area contributed by atoms with Crippen molar-refractivity contribution >= 4 is 5.91 Å². The zero-order valence-corrected chi connectivity index (χ0v) is 6.77. The Bertz CT molecular complexity index is 197. The first-order valence-corrected chi connectivity index (χ1v) is 4.12. The predicted molar refractivity (Wildman–Crippen MR) is 39.9 cm³/mol. The molecule has 68 valence electrons. The van der Waals surface area contributed by atoms with Crippen LogP contribution in [0, 0.1) is 0 Å². The number of rotatable bonds is 0. The van der Waals surface area contributed by atoms with Gasteiger partial charge in [-0.1, -0.05) is 0 Å². The minimum absolute atomic E-state index is 0.00648. The van der Waals surface area contributed by atoms with Crippen molar-refractivity contribution in [1.29, 1.82) is 0 Å². The Morgan fingerprint density at radius 3 is 3.00 bits per heavy atom. The molecule has 1 amide bonds. The molecule has 0 aromatic rings. The lowest BCUT2D eigenvalue weighted by Gasteiger charge is -2.26. The van der Waals surface area contributed by atoms with E-state index < -0.39 is 6.23 Å². The molecule has 2 rings (SSSR count). The second-order valence-electron chi connectivity index (χ2n) is 2.98. The molecule has 2 saturated heterocycles. The van der Waals surface area contributed by atoms with Gasteiger partial charge in [0.05, 0.1) is 26.2 Å². The van der Waals surface area contributed by atoms with Crippen LogP contribution in [0.1, 0.15) is 6.42 Å². The number of hydrazine groups is 1. The molecule has 0 aliphatic carbocycles. The van der Waals surface area contributed by atoms with Crippen molar-refractivity contribution in [1.82, 2.24) is 10.0 Å². The number of aliphatic hydroxyl groups excluding tert-OH is 1. The molecule has 2 heterocycles. The van der Waals surface area contributed by atoms with Crippen LogP contribution >= 0.6 is 0 Å². The average Bonchev–Trinajstić information content (AvgIpc) is 2.29. The molecule has 0 saturated carbocycles. The van der Waals surface area contributed by atoms with Gasteiger partial charge in [0, 0.05) is 6.54 Å². The number of hydrogen-bond acceptors (Lipinski definition) is 4. The summed E-state index contributed by atoms with van der Waals surface area (Å²) in [6.45, 7) is 2.32. The third-order valence-electron chi connectivity index (χ3n) is 2.21. The Morgan fingerprint density at radius 2 is 2.17 bits per heavy atom. The van der Waals surface area contributed by atoms with E-state index in [1.54, 1.807) is 10.0 Å². The normalized spacial score (nSPS) is 31.9. The number of nitrogens with zero attached hydrogens (tertiary/aromatic N) is 2. The maximum absolute atomic E-state index is 11.2. The van der Waals surface area contributed by atoms with Gasteiger partial charge in [0.15, 0.2) is 0 Å². The van der Waals surface area contributed by atoms with Gasteiger partial charge >= 0.3 is 0 Å². The van der Waals surface area contributed by atoms with Gasteiger partial charge in [0.25, 0.3) is 0 Å². The fraction of sp³-hybridized carbons (Fsp3) is 0.857. The molecule has 1 unspecified atom stereocenters. The van der Waals surface area contributed by atoms with Crippen LogP contribution in [-0.4, -0.2) is 53.6 Å². The van der Waals surface area contributed by atoms with Crippen LogP contribution in [0.4, 0.5) is 0 Å². The van der Waals surface area contributed by atoms with Crippen LogP contribution in [0.5, 0.6) is 0 Å². The fourth-order valence-corrected chi connectivity index (χ4v) is 1.61. The van der Waals surface area contributed by atoms with Crippen LogP contribution < -0.4 is 0 Å². The van der Waals surface area contributed by atoms with E-state index in [1.807, 2.05) is 0 Å². The highest BCUT2D eigenvalue weighted by Crippen LogP contribution is 2.18. The number of carbonyl (C=O) groups is 1. The van der Waals surface area contributed by atoms with Gasteiger partial charge in [-0.2, -0.15) is 5.01 Å². The topological polar surface area (TPSA) is 53.0 Å². The molecule has 0 spiro atoms. The molecule has 0 radical (unpaired) electrons. The minimum atomic E-state index is -0.640. The van der Waals surface area contributed by atoms with Crippen LogP contribution in [0.15, 0.2) is 0 Å². The van der Waals surface area contributed by atoms with Gasteiger partial charge in [-0.25, -0.2) is 0 Å². The zero-order chi connectivity index (χ0) is 8.55. The standard InChI is InChI=1S/C7H12N2O3/c10-6-5-7(11)9-2-4-12-3-1-8(6)9/h6,10H,1-5H2. The van der Waals surface area contributed by atoms with E-state index in [4.69, 9.17) is 4.74 Å². The molecule has 2 fully saturated rings. The fourth-order valence-electron chi connectivity index (χ4n) is 1.61. The minimum Gasteiger partial charge on any atom is -0.378 e. The summed E-state index contributed by atoms with van der Waals surface area (Å²) in [5, 5.41) is 12.7. The lowest BCUT2D eigenvalue weighted by atomic mass is 10.4. The molecule has 12 heavy (non-hydrogen) atoms. The monoisotopic (exact) mass is 172 g/mol. The first kappa shape index (κ1) is 7.97.